The molecule has 2 aliphatic rings. The van der Waals surface area contributed by atoms with Gasteiger partial charge in [0.05, 0.1) is 47.7 Å². The summed E-state index contributed by atoms with van der Waals surface area (Å²) in [7, 11) is -3.90. The Kier molecular flexibility index (Phi) is 5.26. The molecule has 0 radical (unpaired) electrons. The molecule has 0 spiro atoms. The minimum Gasteiger partial charge on any atom is -0.453 e. The maximum Gasteiger partial charge on any atom is 0.241 e. The fourth-order valence-corrected chi connectivity index (χ4v) is 5.44. The number of ether oxygens (including phenoxy) is 2. The van der Waals surface area contributed by atoms with Gasteiger partial charge in [-0.2, -0.15) is 0 Å². The van der Waals surface area contributed by atoms with Crippen LogP contribution in [0.3, 0.4) is 0 Å². The number of aliphatic hydroxyl groups excluding tert-OH is 1. The van der Waals surface area contributed by atoms with E-state index < -0.39 is 28.2 Å². The fraction of sp³-hybridized carbons (Fsp3) is 0.217. The Labute approximate surface area is 186 Å². The molecule has 3 aromatic rings. The number of hydrogen-bond acceptors (Lipinski definition) is 7. The third-order valence-electron chi connectivity index (χ3n) is 5.67. The molecule has 1 saturated heterocycles. The molecule has 3 unspecified atom stereocenters. The van der Waals surface area contributed by atoms with Gasteiger partial charge in [-0.15, -0.1) is 0 Å². The molecule has 8 nitrogen and oxygen atoms in total. The quantitative estimate of drug-likeness (QED) is 0.520. The normalized spacial score (nSPS) is 22.5. The number of hydrogen-bond donors (Lipinski definition) is 3. The van der Waals surface area contributed by atoms with Crippen molar-refractivity contribution in [2.45, 2.75) is 23.1 Å². The zero-order valence-corrected chi connectivity index (χ0v) is 17.9. The van der Waals surface area contributed by atoms with Crippen molar-refractivity contribution in [1.82, 2.24) is 4.72 Å². The maximum atomic E-state index is 12.9. The van der Waals surface area contributed by atoms with E-state index in [1.54, 1.807) is 12.1 Å². The largest absolute Gasteiger partial charge is 0.453 e. The van der Waals surface area contributed by atoms with Gasteiger partial charge in [0.2, 0.25) is 10.0 Å². The summed E-state index contributed by atoms with van der Waals surface area (Å²) >= 11 is 0. The number of fused-ring (bicyclic) bond motifs is 2. The average Bonchev–Trinajstić information content (AvgIpc) is 2.79. The van der Waals surface area contributed by atoms with Gasteiger partial charge in [0.15, 0.2) is 11.5 Å². The van der Waals surface area contributed by atoms with E-state index in [4.69, 9.17) is 15.2 Å². The van der Waals surface area contributed by atoms with Gasteiger partial charge in [0, 0.05) is 5.69 Å². The second kappa shape index (κ2) is 8.10. The Hall–Kier alpha value is -3.11. The summed E-state index contributed by atoms with van der Waals surface area (Å²) in [5, 5.41) is 11.3. The zero-order valence-electron chi connectivity index (χ0n) is 17.1. The predicted octanol–water partition coefficient (Wildman–Crippen LogP) is 2.62. The number of rotatable bonds is 4. The number of nitrogens with two attached hydrogens (primary N) is 1. The SMILES string of the molecule is Nc1cccc(S(=O)(=O)NC2COCC(N3c4ccccc4Oc4ccccc43)C2O)c1. The first-order valence-corrected chi connectivity index (χ1v) is 11.7. The van der Waals surface area contributed by atoms with E-state index in [2.05, 4.69) is 4.72 Å². The van der Waals surface area contributed by atoms with Crippen LogP contribution in [0.2, 0.25) is 0 Å². The highest BCUT2D eigenvalue weighted by molar-refractivity contribution is 7.89. The van der Waals surface area contributed by atoms with Crippen LogP contribution in [-0.2, 0) is 14.8 Å². The van der Waals surface area contributed by atoms with Crippen LogP contribution in [0.5, 0.6) is 11.5 Å². The minimum atomic E-state index is -3.90. The molecule has 32 heavy (non-hydrogen) atoms. The first-order chi connectivity index (χ1) is 15.4. The molecule has 1 fully saturated rings. The Morgan fingerprint density at radius 3 is 2.25 bits per heavy atom. The topological polar surface area (TPSA) is 114 Å². The molecule has 2 aliphatic heterocycles. The van der Waals surface area contributed by atoms with Gasteiger partial charge in [-0.1, -0.05) is 30.3 Å². The van der Waals surface area contributed by atoms with E-state index >= 15 is 0 Å². The van der Waals surface area contributed by atoms with Gasteiger partial charge in [-0.25, -0.2) is 13.1 Å². The van der Waals surface area contributed by atoms with E-state index in [1.165, 1.54) is 12.1 Å². The summed E-state index contributed by atoms with van der Waals surface area (Å²) in [6, 6.07) is 19.7. The smallest absolute Gasteiger partial charge is 0.241 e. The molecule has 0 aliphatic carbocycles. The van der Waals surface area contributed by atoms with Crippen molar-refractivity contribution in [3.8, 4) is 11.5 Å². The molecule has 4 N–H and O–H groups in total. The molecule has 5 rings (SSSR count). The van der Waals surface area contributed by atoms with E-state index in [9.17, 15) is 13.5 Å². The lowest BCUT2D eigenvalue weighted by molar-refractivity contribution is -0.0244. The van der Waals surface area contributed by atoms with Gasteiger partial charge in [-0.05, 0) is 42.5 Å². The standard InChI is InChI=1S/C23H23N3O5S/c24-15-6-5-7-16(12-15)32(28,29)25-17-13-30-14-20(23(17)27)26-18-8-1-3-10-21(18)31-22-11-4-2-9-19(22)26/h1-12,17,20,23,25,27H,13-14,24H2. The lowest BCUT2D eigenvalue weighted by Crippen LogP contribution is -2.60. The fourth-order valence-electron chi connectivity index (χ4n) is 4.15. The lowest BCUT2D eigenvalue weighted by atomic mass is 9.98. The molecule has 2 heterocycles. The number of nitrogen functional groups attached to an aromatic ring is 1. The Morgan fingerprint density at radius 2 is 1.59 bits per heavy atom. The Balaban J connectivity index is 1.47. The molecule has 166 valence electrons. The van der Waals surface area contributed by atoms with E-state index in [0.717, 1.165) is 11.4 Å². The van der Waals surface area contributed by atoms with Crippen LogP contribution in [0.25, 0.3) is 0 Å². The molecular formula is C23H23N3O5S. The molecular weight excluding hydrogens is 430 g/mol. The first kappa shape index (κ1) is 20.8. The minimum absolute atomic E-state index is 0.0360. The summed E-state index contributed by atoms with van der Waals surface area (Å²) in [5.41, 5.74) is 7.63. The molecule has 0 bridgehead atoms. The number of anilines is 3. The Morgan fingerprint density at radius 1 is 0.938 bits per heavy atom. The Bertz CT molecular complexity index is 1200. The van der Waals surface area contributed by atoms with Crippen LogP contribution in [-0.4, -0.2) is 44.9 Å². The van der Waals surface area contributed by atoms with Gasteiger partial charge in [0.1, 0.15) is 0 Å². The lowest BCUT2D eigenvalue weighted by Gasteiger charge is -2.44. The van der Waals surface area contributed by atoms with Crippen molar-refractivity contribution in [3.63, 3.8) is 0 Å². The first-order valence-electron chi connectivity index (χ1n) is 10.2. The number of aliphatic hydroxyl groups is 1. The van der Waals surface area contributed by atoms with E-state index in [0.29, 0.717) is 17.2 Å². The monoisotopic (exact) mass is 453 g/mol. The van der Waals surface area contributed by atoms with Crippen LogP contribution in [0.4, 0.5) is 17.1 Å². The number of nitrogens with one attached hydrogen (secondary N) is 1. The summed E-state index contributed by atoms with van der Waals surface area (Å²) in [5.74, 6) is 1.31. The number of benzene rings is 3. The zero-order chi connectivity index (χ0) is 22.3. The highest BCUT2D eigenvalue weighted by Crippen LogP contribution is 2.48. The van der Waals surface area contributed by atoms with Crippen LogP contribution >= 0.6 is 0 Å². The van der Waals surface area contributed by atoms with Crippen molar-refractivity contribution >= 4 is 27.1 Å². The summed E-state index contributed by atoms with van der Waals surface area (Å²) < 4.78 is 40.2. The van der Waals surface area contributed by atoms with Crippen molar-refractivity contribution < 1.29 is 23.0 Å². The summed E-state index contributed by atoms with van der Waals surface area (Å²) in [6.07, 6.45) is -1.04. The maximum absolute atomic E-state index is 12.9. The highest BCUT2D eigenvalue weighted by atomic mass is 32.2. The predicted molar refractivity (Wildman–Crippen MR) is 121 cm³/mol. The average molecular weight is 454 g/mol. The van der Waals surface area contributed by atoms with Crippen molar-refractivity contribution in [3.05, 3.63) is 72.8 Å². The second-order valence-electron chi connectivity index (χ2n) is 7.80. The number of para-hydroxylation sites is 4. The summed E-state index contributed by atoms with van der Waals surface area (Å²) in [6.45, 7) is 0.271. The molecule has 0 saturated carbocycles. The summed E-state index contributed by atoms with van der Waals surface area (Å²) in [4.78, 5) is 1.99. The molecule has 3 aromatic carbocycles. The third-order valence-corrected chi connectivity index (χ3v) is 7.16. The van der Waals surface area contributed by atoms with Gasteiger partial charge < -0.3 is 25.2 Å². The van der Waals surface area contributed by atoms with Gasteiger partial charge >= 0.3 is 0 Å². The van der Waals surface area contributed by atoms with Crippen LogP contribution < -0.4 is 20.1 Å². The third kappa shape index (κ3) is 3.69. The van der Waals surface area contributed by atoms with Crippen LogP contribution in [0.1, 0.15) is 0 Å². The van der Waals surface area contributed by atoms with E-state index in [-0.39, 0.29) is 18.1 Å². The molecule has 0 aromatic heterocycles. The van der Waals surface area contributed by atoms with Crippen molar-refractivity contribution in [2.75, 3.05) is 23.8 Å². The molecule has 3 atom stereocenters. The van der Waals surface area contributed by atoms with Crippen LogP contribution in [0, 0.1) is 0 Å². The number of nitrogens with zero attached hydrogens (tertiary/aromatic N) is 1. The van der Waals surface area contributed by atoms with E-state index in [1.807, 2.05) is 53.4 Å². The van der Waals surface area contributed by atoms with Crippen LogP contribution in [0.15, 0.2) is 77.7 Å². The van der Waals surface area contributed by atoms with Gasteiger partial charge in [0.25, 0.3) is 0 Å². The van der Waals surface area contributed by atoms with Gasteiger partial charge in [-0.3, -0.25) is 0 Å². The van der Waals surface area contributed by atoms with Crippen molar-refractivity contribution in [2.24, 2.45) is 0 Å². The number of sulfonamides is 1. The van der Waals surface area contributed by atoms with Crippen molar-refractivity contribution in [1.29, 1.82) is 0 Å². The molecule has 0 amide bonds. The molecule has 9 heteroatoms. The second-order valence-corrected chi connectivity index (χ2v) is 9.52. The highest BCUT2D eigenvalue weighted by Gasteiger charge is 2.41.